The maximum Gasteiger partial charge on any atom is 0.253 e. The normalized spacial score (nSPS) is 16.5. The first kappa shape index (κ1) is 28.6. The van der Waals surface area contributed by atoms with E-state index < -0.39 is 0 Å². The van der Waals surface area contributed by atoms with Crippen molar-refractivity contribution in [2.24, 2.45) is 0 Å². The highest BCUT2D eigenvalue weighted by Crippen LogP contribution is 2.31. The maximum atomic E-state index is 13.3. The first-order chi connectivity index (χ1) is 19.1. The van der Waals surface area contributed by atoms with Crippen molar-refractivity contribution in [3.8, 4) is 5.75 Å². The number of rotatable bonds is 8. The monoisotopic (exact) mass is 539 g/mol. The number of H-pyrrole nitrogens is 1. The number of nitrogens with zero attached hydrogens (tertiary/aromatic N) is 4. The van der Waals surface area contributed by atoms with Crippen molar-refractivity contribution in [2.75, 3.05) is 70.8 Å². The number of fused-ring (bicyclic) bond motifs is 1. The number of carbonyl (C=O) groups excluding carboxylic acids is 1. The van der Waals surface area contributed by atoms with Gasteiger partial charge in [-0.05, 0) is 49.9 Å². The van der Waals surface area contributed by atoms with E-state index in [1.54, 1.807) is 13.2 Å². The van der Waals surface area contributed by atoms with Gasteiger partial charge in [0.2, 0.25) is 5.95 Å². The number of hydrogen-bond acceptors (Lipinski definition) is 9. The Labute approximate surface area is 229 Å². The van der Waals surface area contributed by atoms with Gasteiger partial charge in [-0.2, -0.15) is 9.97 Å². The summed E-state index contributed by atoms with van der Waals surface area (Å²) in [5.74, 6) is 1.86. The molecule has 2 fully saturated rings. The van der Waals surface area contributed by atoms with Crippen LogP contribution in [0.2, 0.25) is 0 Å². The Morgan fingerprint density at radius 3 is 2.62 bits per heavy atom. The molecule has 1 amide bonds. The minimum absolute atomic E-state index is 0.0378. The lowest BCUT2D eigenvalue weighted by atomic mass is 10.0. The zero-order chi connectivity index (χ0) is 27.8. The third-order valence-electron chi connectivity index (χ3n) is 7.28. The number of carbonyl (C=O) groups is 1. The molecule has 1 aromatic carbocycles. The molecule has 0 unspecified atom stereocenters. The van der Waals surface area contributed by atoms with Crippen LogP contribution in [0.3, 0.4) is 0 Å². The number of amides is 1. The molecule has 212 valence electrons. The molecule has 0 aliphatic carbocycles. The van der Waals surface area contributed by atoms with E-state index in [2.05, 4.69) is 32.4 Å². The largest absolute Gasteiger partial charge is 0.495 e. The summed E-state index contributed by atoms with van der Waals surface area (Å²) in [6, 6.07) is 6.03. The van der Waals surface area contributed by atoms with Crippen molar-refractivity contribution in [1.29, 1.82) is 0 Å². The Morgan fingerprint density at radius 2 is 1.92 bits per heavy atom. The van der Waals surface area contributed by atoms with E-state index in [1.807, 2.05) is 30.2 Å². The number of ether oxygens (including phenoxy) is 2. The Kier molecular flexibility index (Phi) is 9.96. The number of piperidine rings is 1. The van der Waals surface area contributed by atoms with Gasteiger partial charge < -0.3 is 35.1 Å². The second-order valence-corrected chi connectivity index (χ2v) is 9.73. The molecule has 0 radical (unpaired) electrons. The fourth-order valence-electron chi connectivity index (χ4n) is 5.22. The van der Waals surface area contributed by atoms with Gasteiger partial charge in [0.1, 0.15) is 17.2 Å². The topological polar surface area (TPSA) is 128 Å². The van der Waals surface area contributed by atoms with Crippen molar-refractivity contribution in [1.82, 2.24) is 24.8 Å². The lowest BCUT2D eigenvalue weighted by Gasteiger charge is -2.40. The van der Waals surface area contributed by atoms with E-state index in [9.17, 15) is 4.79 Å². The van der Waals surface area contributed by atoms with Crippen LogP contribution in [-0.4, -0.2) is 102 Å². The molecular formula is C28H41N7O4. The van der Waals surface area contributed by atoms with E-state index in [-0.39, 0.29) is 5.91 Å². The molecule has 2 aromatic heterocycles. The summed E-state index contributed by atoms with van der Waals surface area (Å²) in [6.45, 7) is 10.1. The molecule has 4 N–H and O–H groups in total. The average Bonchev–Trinajstić information content (AvgIpc) is 3.37. The predicted octanol–water partition coefficient (Wildman–Crippen LogP) is 3.39. The smallest absolute Gasteiger partial charge is 0.253 e. The first-order valence-corrected chi connectivity index (χ1v) is 13.7. The van der Waals surface area contributed by atoms with Gasteiger partial charge in [0.05, 0.1) is 31.4 Å². The number of aromatic amines is 1. The Balaban J connectivity index is 0.00000172. The minimum atomic E-state index is 0.0378. The Hall–Kier alpha value is -3.41. The molecule has 0 atom stereocenters. The van der Waals surface area contributed by atoms with Crippen LogP contribution in [0.25, 0.3) is 11.0 Å². The van der Waals surface area contributed by atoms with Crippen LogP contribution in [0.1, 0.15) is 42.1 Å². The van der Waals surface area contributed by atoms with Crippen molar-refractivity contribution >= 4 is 34.4 Å². The molecular weight excluding hydrogens is 498 g/mol. The molecule has 2 saturated heterocycles. The molecule has 0 saturated carbocycles. The number of aliphatic hydroxyl groups is 1. The number of anilines is 3. The van der Waals surface area contributed by atoms with Gasteiger partial charge in [0, 0.05) is 57.6 Å². The molecule has 0 bridgehead atoms. The number of hydrogen-bond donors (Lipinski definition) is 4. The number of methoxy groups -OCH3 is 1. The molecule has 11 heteroatoms. The highest BCUT2D eigenvalue weighted by atomic mass is 16.5. The summed E-state index contributed by atoms with van der Waals surface area (Å²) in [7, 11) is 2.61. The van der Waals surface area contributed by atoms with Crippen molar-refractivity contribution in [3.63, 3.8) is 0 Å². The number of benzene rings is 1. The van der Waals surface area contributed by atoms with Gasteiger partial charge in [-0.1, -0.05) is 6.92 Å². The summed E-state index contributed by atoms with van der Waals surface area (Å²) >= 11 is 0. The number of nitrogens with one attached hydrogen (secondary N) is 3. The number of likely N-dealkylation sites (tertiary alicyclic amines) is 1. The average molecular weight is 540 g/mol. The van der Waals surface area contributed by atoms with Gasteiger partial charge in [-0.15, -0.1) is 0 Å². The zero-order valence-corrected chi connectivity index (χ0v) is 23.4. The molecule has 11 nitrogen and oxygen atoms in total. The highest BCUT2D eigenvalue weighted by molar-refractivity contribution is 5.96. The summed E-state index contributed by atoms with van der Waals surface area (Å²) in [5, 5.41) is 14.7. The molecule has 5 rings (SSSR count). The second-order valence-electron chi connectivity index (χ2n) is 9.73. The van der Waals surface area contributed by atoms with E-state index in [0.717, 1.165) is 94.7 Å². The van der Waals surface area contributed by atoms with Crippen LogP contribution in [0.15, 0.2) is 24.4 Å². The molecule has 0 spiro atoms. The van der Waals surface area contributed by atoms with Gasteiger partial charge in [-0.25, -0.2) is 0 Å². The maximum absolute atomic E-state index is 13.3. The fraction of sp³-hybridized carbons (Fsp3) is 0.536. The van der Waals surface area contributed by atoms with E-state index in [1.165, 1.54) is 0 Å². The molecule has 39 heavy (non-hydrogen) atoms. The number of morpholine rings is 1. The van der Waals surface area contributed by atoms with E-state index >= 15 is 0 Å². The quantitative estimate of drug-likeness (QED) is 0.341. The highest BCUT2D eigenvalue weighted by Gasteiger charge is 2.28. The van der Waals surface area contributed by atoms with Crippen molar-refractivity contribution in [3.05, 3.63) is 35.5 Å². The van der Waals surface area contributed by atoms with Crippen LogP contribution in [0.4, 0.5) is 17.5 Å². The molecule has 2 aliphatic heterocycles. The molecule has 3 aromatic rings. The van der Waals surface area contributed by atoms with Crippen LogP contribution in [0.5, 0.6) is 5.75 Å². The third-order valence-corrected chi connectivity index (χ3v) is 7.28. The van der Waals surface area contributed by atoms with E-state index in [4.69, 9.17) is 19.6 Å². The van der Waals surface area contributed by atoms with E-state index in [0.29, 0.717) is 29.0 Å². The zero-order valence-electron chi connectivity index (χ0n) is 23.4. The molecule has 2 aliphatic rings. The lowest BCUT2D eigenvalue weighted by Crippen LogP contribution is -2.50. The minimum Gasteiger partial charge on any atom is -0.495 e. The van der Waals surface area contributed by atoms with Crippen LogP contribution in [0, 0.1) is 6.92 Å². The third kappa shape index (κ3) is 6.60. The summed E-state index contributed by atoms with van der Waals surface area (Å²) in [5.41, 5.74) is 3.18. The summed E-state index contributed by atoms with van der Waals surface area (Å²) in [4.78, 5) is 30.3. The van der Waals surface area contributed by atoms with Crippen LogP contribution >= 0.6 is 0 Å². The van der Waals surface area contributed by atoms with Crippen LogP contribution < -0.4 is 15.4 Å². The number of aryl methyl sites for hydroxylation is 1. The van der Waals surface area contributed by atoms with Gasteiger partial charge in [-0.3, -0.25) is 9.69 Å². The van der Waals surface area contributed by atoms with Gasteiger partial charge in [0.15, 0.2) is 0 Å². The Bertz CT molecular complexity index is 1230. The SMILES string of the molecule is CCCNc1nc(Nc2ccc(C(=O)N3CCC(N4CCOCC4)CC3)cc2OC)nc2[nH]cc(C)c12.CO. The first-order valence-electron chi connectivity index (χ1n) is 13.7. The molecule has 4 heterocycles. The number of aliphatic hydroxyl groups excluding tert-OH is 1. The van der Waals surface area contributed by atoms with Crippen LogP contribution in [-0.2, 0) is 4.74 Å². The Morgan fingerprint density at radius 1 is 1.18 bits per heavy atom. The van der Waals surface area contributed by atoms with Gasteiger partial charge in [0.25, 0.3) is 5.91 Å². The summed E-state index contributed by atoms with van der Waals surface area (Å²) in [6.07, 6.45) is 4.92. The second kappa shape index (κ2) is 13.6. The lowest BCUT2D eigenvalue weighted by molar-refractivity contribution is 0.00159. The van der Waals surface area contributed by atoms with Gasteiger partial charge >= 0.3 is 0 Å². The predicted molar refractivity (Wildman–Crippen MR) is 153 cm³/mol. The fourth-order valence-corrected chi connectivity index (χ4v) is 5.22. The van der Waals surface area contributed by atoms with Crippen molar-refractivity contribution < 1.29 is 19.4 Å². The standard InChI is InChI=1S/C27H37N7O3.CH4O/c1-4-9-28-24-23-18(2)17-29-25(23)32-27(31-24)30-21-6-5-19(16-22(21)36-3)26(35)34-10-7-20(8-11-34)33-12-14-37-15-13-33;1-2/h5-6,16-17,20H,4,7-15H2,1-3H3,(H3,28,29,30,31,32);2H,1H3. The number of aromatic nitrogens is 3. The summed E-state index contributed by atoms with van der Waals surface area (Å²) < 4.78 is 11.1. The van der Waals surface area contributed by atoms with Crippen molar-refractivity contribution in [2.45, 2.75) is 39.2 Å².